The third kappa shape index (κ3) is 6.14. The Bertz CT molecular complexity index is 676. The molecule has 1 aromatic carbocycles. The van der Waals surface area contributed by atoms with Crippen molar-refractivity contribution in [3.05, 3.63) is 35.9 Å². The number of nitrogens with zero attached hydrogens (tertiary/aromatic N) is 1. The lowest BCUT2D eigenvalue weighted by molar-refractivity contribution is 0.558. The smallest absolute Gasteiger partial charge is 0.213 e. The van der Waals surface area contributed by atoms with Gasteiger partial charge in [-0.1, -0.05) is 30.3 Å². The standard InChI is InChI=1S/C12H16N2O4S2/c1-19(15,16)9-10-20(17,18)14-12(7-8-13)11-5-3-2-4-6-11/h2-6,12,14H,7,9-10H2,1H3/t12-/m1/s1. The minimum atomic E-state index is -3.76. The summed E-state index contributed by atoms with van der Waals surface area (Å²) in [5.74, 6) is -0.961. The summed E-state index contributed by atoms with van der Waals surface area (Å²) >= 11 is 0. The first-order valence-corrected chi connectivity index (χ1v) is 9.54. The van der Waals surface area contributed by atoms with Gasteiger partial charge in [0.25, 0.3) is 0 Å². The van der Waals surface area contributed by atoms with E-state index in [2.05, 4.69) is 4.72 Å². The molecule has 0 saturated heterocycles. The highest BCUT2D eigenvalue weighted by Gasteiger charge is 2.20. The molecule has 1 rings (SSSR count). The maximum Gasteiger partial charge on any atom is 0.213 e. The fraction of sp³-hybridized carbons (Fsp3) is 0.417. The van der Waals surface area contributed by atoms with Crippen molar-refractivity contribution in [2.24, 2.45) is 0 Å². The zero-order chi connectivity index (χ0) is 15.2. The van der Waals surface area contributed by atoms with Crippen molar-refractivity contribution in [1.29, 1.82) is 5.26 Å². The molecule has 0 fully saturated rings. The van der Waals surface area contributed by atoms with E-state index < -0.39 is 37.4 Å². The molecule has 0 heterocycles. The Morgan fingerprint density at radius 3 is 2.25 bits per heavy atom. The first-order valence-electron chi connectivity index (χ1n) is 5.83. The molecular formula is C12H16N2O4S2. The molecule has 1 N–H and O–H groups in total. The topological polar surface area (TPSA) is 104 Å². The average Bonchev–Trinajstić information content (AvgIpc) is 2.36. The van der Waals surface area contributed by atoms with Crippen LogP contribution in [0.5, 0.6) is 0 Å². The fourth-order valence-corrected chi connectivity index (χ4v) is 4.40. The van der Waals surface area contributed by atoms with Crippen LogP contribution in [0, 0.1) is 11.3 Å². The van der Waals surface area contributed by atoms with E-state index >= 15 is 0 Å². The summed E-state index contributed by atoms with van der Waals surface area (Å²) in [6.45, 7) is 0. The monoisotopic (exact) mass is 316 g/mol. The summed E-state index contributed by atoms with van der Waals surface area (Å²) in [5, 5.41) is 8.77. The number of nitriles is 1. The molecule has 0 aromatic heterocycles. The number of benzene rings is 1. The Balaban J connectivity index is 2.83. The number of sulfone groups is 1. The van der Waals surface area contributed by atoms with Gasteiger partial charge in [0.1, 0.15) is 9.84 Å². The zero-order valence-corrected chi connectivity index (χ0v) is 12.6. The summed E-state index contributed by atoms with van der Waals surface area (Å²) in [7, 11) is -7.12. The second-order valence-corrected chi connectivity index (χ2v) is 8.53. The van der Waals surface area contributed by atoms with Gasteiger partial charge in [-0.3, -0.25) is 0 Å². The van der Waals surface area contributed by atoms with Gasteiger partial charge in [-0.15, -0.1) is 0 Å². The number of hydrogen-bond acceptors (Lipinski definition) is 5. The maximum atomic E-state index is 11.9. The Morgan fingerprint density at radius 2 is 1.75 bits per heavy atom. The van der Waals surface area contributed by atoms with Crippen molar-refractivity contribution in [2.45, 2.75) is 12.5 Å². The van der Waals surface area contributed by atoms with E-state index in [0.29, 0.717) is 5.56 Å². The highest BCUT2D eigenvalue weighted by molar-refractivity contribution is 7.93. The third-order valence-electron chi connectivity index (χ3n) is 2.54. The molecule has 0 aliphatic rings. The number of rotatable bonds is 7. The molecule has 8 heteroatoms. The van der Waals surface area contributed by atoms with Gasteiger partial charge in [-0.05, 0) is 5.56 Å². The SMILES string of the molecule is CS(=O)(=O)CCS(=O)(=O)N[C@H](CC#N)c1ccccc1. The van der Waals surface area contributed by atoms with Crippen molar-refractivity contribution in [1.82, 2.24) is 4.72 Å². The predicted octanol–water partition coefficient (Wildman–Crippen LogP) is 0.605. The molecule has 0 amide bonds. The summed E-state index contributed by atoms with van der Waals surface area (Å²) in [6.07, 6.45) is 0.953. The molecule has 0 aliphatic carbocycles. The van der Waals surface area contributed by atoms with Crippen molar-refractivity contribution >= 4 is 19.9 Å². The van der Waals surface area contributed by atoms with Gasteiger partial charge in [-0.2, -0.15) is 5.26 Å². The summed E-state index contributed by atoms with van der Waals surface area (Å²) < 4.78 is 48.1. The molecule has 0 bridgehead atoms. The summed E-state index contributed by atoms with van der Waals surface area (Å²) in [4.78, 5) is 0. The van der Waals surface area contributed by atoms with Gasteiger partial charge < -0.3 is 0 Å². The minimum absolute atomic E-state index is 0.0257. The first kappa shape index (κ1) is 16.6. The second-order valence-electron chi connectivity index (χ2n) is 4.39. The zero-order valence-electron chi connectivity index (χ0n) is 11.0. The predicted molar refractivity (Wildman–Crippen MR) is 76.0 cm³/mol. The van der Waals surface area contributed by atoms with Crippen LogP contribution in [0.15, 0.2) is 30.3 Å². The Labute approximate surface area is 119 Å². The van der Waals surface area contributed by atoms with E-state index in [9.17, 15) is 16.8 Å². The van der Waals surface area contributed by atoms with Crippen LogP contribution >= 0.6 is 0 Å². The Morgan fingerprint density at radius 1 is 1.15 bits per heavy atom. The van der Waals surface area contributed by atoms with E-state index in [1.54, 1.807) is 30.3 Å². The van der Waals surface area contributed by atoms with Crippen LogP contribution in [0.3, 0.4) is 0 Å². The molecule has 1 atom stereocenters. The second kappa shape index (κ2) is 6.83. The molecule has 1 aromatic rings. The molecule has 0 radical (unpaired) electrons. The molecule has 0 unspecified atom stereocenters. The normalized spacial score (nSPS) is 13.6. The first-order chi connectivity index (χ1) is 9.23. The van der Waals surface area contributed by atoms with Gasteiger partial charge in [0.05, 0.1) is 30.0 Å². The molecule has 20 heavy (non-hydrogen) atoms. The molecule has 6 nitrogen and oxygen atoms in total. The minimum Gasteiger partial charge on any atom is -0.229 e. The van der Waals surface area contributed by atoms with Crippen molar-refractivity contribution < 1.29 is 16.8 Å². The van der Waals surface area contributed by atoms with Crippen molar-refractivity contribution in [3.8, 4) is 6.07 Å². The molecular weight excluding hydrogens is 300 g/mol. The quantitative estimate of drug-likeness (QED) is 0.793. The Hall–Kier alpha value is -1.43. The highest BCUT2D eigenvalue weighted by atomic mass is 32.2. The van der Waals surface area contributed by atoms with Crippen LogP contribution < -0.4 is 4.72 Å². The van der Waals surface area contributed by atoms with Gasteiger partial charge in [0, 0.05) is 6.26 Å². The number of nitrogens with one attached hydrogen (secondary N) is 1. The highest BCUT2D eigenvalue weighted by Crippen LogP contribution is 2.17. The van der Waals surface area contributed by atoms with Crippen LogP contribution in [0.2, 0.25) is 0 Å². The lowest BCUT2D eigenvalue weighted by Crippen LogP contribution is -2.32. The lowest BCUT2D eigenvalue weighted by Gasteiger charge is -2.16. The largest absolute Gasteiger partial charge is 0.229 e. The van der Waals surface area contributed by atoms with Crippen molar-refractivity contribution in [2.75, 3.05) is 17.8 Å². The lowest BCUT2D eigenvalue weighted by atomic mass is 10.1. The molecule has 110 valence electrons. The molecule has 0 aliphatic heterocycles. The third-order valence-corrected chi connectivity index (χ3v) is 5.13. The van der Waals surface area contributed by atoms with Gasteiger partial charge >= 0.3 is 0 Å². The van der Waals surface area contributed by atoms with E-state index in [-0.39, 0.29) is 6.42 Å². The molecule has 0 spiro atoms. The average molecular weight is 316 g/mol. The van der Waals surface area contributed by atoms with Crippen LogP contribution in [-0.2, 0) is 19.9 Å². The van der Waals surface area contributed by atoms with E-state index in [1.807, 2.05) is 6.07 Å². The number of sulfonamides is 1. The van der Waals surface area contributed by atoms with E-state index in [1.165, 1.54) is 0 Å². The van der Waals surface area contributed by atoms with Crippen LogP contribution in [0.1, 0.15) is 18.0 Å². The van der Waals surface area contributed by atoms with Crippen LogP contribution in [0.25, 0.3) is 0 Å². The van der Waals surface area contributed by atoms with E-state index in [0.717, 1.165) is 6.26 Å². The van der Waals surface area contributed by atoms with Gasteiger partial charge in [-0.25, -0.2) is 21.6 Å². The summed E-state index contributed by atoms with van der Waals surface area (Å²) in [6, 6.07) is 9.92. The van der Waals surface area contributed by atoms with Gasteiger partial charge in [0.15, 0.2) is 0 Å². The summed E-state index contributed by atoms with van der Waals surface area (Å²) in [5.41, 5.74) is 0.664. The molecule has 0 saturated carbocycles. The van der Waals surface area contributed by atoms with E-state index in [4.69, 9.17) is 5.26 Å². The Kier molecular flexibility index (Phi) is 5.68. The number of hydrogen-bond donors (Lipinski definition) is 1. The fourth-order valence-electron chi connectivity index (χ4n) is 1.54. The van der Waals surface area contributed by atoms with Crippen LogP contribution in [-0.4, -0.2) is 34.6 Å². The van der Waals surface area contributed by atoms with Gasteiger partial charge in [0.2, 0.25) is 10.0 Å². The van der Waals surface area contributed by atoms with Crippen molar-refractivity contribution in [3.63, 3.8) is 0 Å². The maximum absolute atomic E-state index is 11.9. The van der Waals surface area contributed by atoms with Crippen LogP contribution in [0.4, 0.5) is 0 Å².